The van der Waals surface area contributed by atoms with Gasteiger partial charge in [-0.3, -0.25) is 19.5 Å². The van der Waals surface area contributed by atoms with Crippen LogP contribution in [0.15, 0.2) is 28.7 Å². The molecule has 2 aromatic heterocycles. The van der Waals surface area contributed by atoms with Crippen LogP contribution in [0.3, 0.4) is 0 Å². The number of urea groups is 1. The van der Waals surface area contributed by atoms with Crippen LogP contribution in [-0.4, -0.2) is 33.3 Å². The molecule has 2 N–H and O–H groups in total. The van der Waals surface area contributed by atoms with E-state index in [0.717, 1.165) is 42.3 Å². The fraction of sp³-hybridized carbons (Fsp3) is 0.524. The monoisotopic (exact) mass is 448 g/mol. The Hall–Kier alpha value is -2.13. The summed E-state index contributed by atoms with van der Waals surface area (Å²) in [5.41, 5.74) is -0.136. The van der Waals surface area contributed by atoms with Crippen LogP contribution in [0.1, 0.15) is 44.4 Å². The van der Waals surface area contributed by atoms with Crippen molar-refractivity contribution in [1.82, 2.24) is 20.2 Å². The molecule has 7 nitrogen and oxygen atoms in total. The van der Waals surface area contributed by atoms with E-state index in [1.165, 1.54) is 22.3 Å². The second-order valence-corrected chi connectivity index (χ2v) is 9.62. The first-order chi connectivity index (χ1) is 14.4. The highest BCUT2D eigenvalue weighted by Gasteiger charge is 2.23. The van der Waals surface area contributed by atoms with E-state index in [9.17, 15) is 14.4 Å². The van der Waals surface area contributed by atoms with E-state index >= 15 is 0 Å². The Morgan fingerprint density at radius 2 is 2.17 bits per heavy atom. The molecule has 1 aliphatic rings. The Morgan fingerprint density at radius 1 is 1.40 bits per heavy atom. The quantitative estimate of drug-likeness (QED) is 0.383. The van der Waals surface area contributed by atoms with Crippen molar-refractivity contribution in [1.29, 1.82) is 0 Å². The maximum atomic E-state index is 12.8. The number of hydrogen-bond acceptors (Lipinski definition) is 6. The minimum atomic E-state index is -0.461. The van der Waals surface area contributed by atoms with Gasteiger partial charge in [0.2, 0.25) is 5.91 Å². The highest BCUT2D eigenvalue weighted by Crippen LogP contribution is 2.25. The highest BCUT2D eigenvalue weighted by atomic mass is 32.2. The summed E-state index contributed by atoms with van der Waals surface area (Å²) in [7, 11) is 0. The van der Waals surface area contributed by atoms with Crippen molar-refractivity contribution in [2.45, 2.75) is 63.7 Å². The molecule has 0 unspecified atom stereocenters. The molecule has 0 radical (unpaired) electrons. The minimum Gasteiger partial charge on any atom is -0.335 e. The second kappa shape index (κ2) is 10.3. The van der Waals surface area contributed by atoms with Crippen molar-refractivity contribution in [3.05, 3.63) is 34.0 Å². The van der Waals surface area contributed by atoms with Crippen LogP contribution in [-0.2, 0) is 17.8 Å². The van der Waals surface area contributed by atoms with Crippen LogP contribution in [0.2, 0.25) is 0 Å². The van der Waals surface area contributed by atoms with E-state index < -0.39 is 11.9 Å². The van der Waals surface area contributed by atoms with Gasteiger partial charge in [0.15, 0.2) is 5.16 Å². The zero-order valence-corrected chi connectivity index (χ0v) is 19.0. The fourth-order valence-corrected chi connectivity index (χ4v) is 5.47. The van der Waals surface area contributed by atoms with Crippen LogP contribution >= 0.6 is 23.1 Å². The lowest BCUT2D eigenvalue weighted by molar-refractivity contribution is -0.117. The Labute approximate surface area is 184 Å². The molecule has 9 heteroatoms. The van der Waals surface area contributed by atoms with Crippen LogP contribution in [0, 0.1) is 5.92 Å². The summed E-state index contributed by atoms with van der Waals surface area (Å²) in [4.78, 5) is 43.7. The van der Waals surface area contributed by atoms with Crippen LogP contribution in [0.25, 0.3) is 10.2 Å². The third-order valence-corrected chi connectivity index (χ3v) is 7.49. The molecule has 0 bridgehead atoms. The highest BCUT2D eigenvalue weighted by molar-refractivity contribution is 7.99. The smallest absolute Gasteiger partial charge is 0.321 e. The molecule has 0 spiro atoms. The molecular weight excluding hydrogens is 420 g/mol. The molecule has 2 aromatic rings. The van der Waals surface area contributed by atoms with Crippen molar-refractivity contribution < 1.29 is 9.59 Å². The Morgan fingerprint density at radius 3 is 2.87 bits per heavy atom. The molecule has 30 heavy (non-hydrogen) atoms. The maximum Gasteiger partial charge on any atom is 0.321 e. The van der Waals surface area contributed by atoms with Crippen molar-refractivity contribution in [2.75, 3.05) is 5.75 Å². The fourth-order valence-electron chi connectivity index (χ4n) is 3.65. The summed E-state index contributed by atoms with van der Waals surface area (Å²) >= 11 is 2.64. The van der Waals surface area contributed by atoms with E-state index in [1.807, 2.05) is 13.0 Å². The second-order valence-electron chi connectivity index (χ2n) is 7.56. The number of fused-ring (bicyclic) bond motifs is 1. The molecule has 2 heterocycles. The van der Waals surface area contributed by atoms with E-state index in [2.05, 4.69) is 29.1 Å². The maximum absolute atomic E-state index is 12.8. The molecule has 1 aliphatic carbocycles. The van der Waals surface area contributed by atoms with Gasteiger partial charge in [0.05, 0.1) is 11.1 Å². The average Bonchev–Trinajstić information content (AvgIpc) is 3.14. The predicted octanol–water partition coefficient (Wildman–Crippen LogP) is 3.70. The number of hydrogen-bond donors (Lipinski definition) is 2. The number of carbonyl (C=O) groups excluding carboxylic acids is 2. The topological polar surface area (TPSA) is 93.1 Å². The van der Waals surface area contributed by atoms with Gasteiger partial charge in [0.25, 0.3) is 5.56 Å². The molecule has 0 aliphatic heterocycles. The summed E-state index contributed by atoms with van der Waals surface area (Å²) in [6.45, 7) is 8.17. The number of imide groups is 1. The molecule has 1 fully saturated rings. The van der Waals surface area contributed by atoms with E-state index in [0.29, 0.717) is 27.8 Å². The third kappa shape index (κ3) is 5.31. The van der Waals surface area contributed by atoms with Crippen LogP contribution in [0.5, 0.6) is 0 Å². The molecule has 2 atom stereocenters. The van der Waals surface area contributed by atoms with Gasteiger partial charge >= 0.3 is 6.03 Å². The lowest BCUT2D eigenvalue weighted by atomic mass is 9.86. The van der Waals surface area contributed by atoms with Crippen molar-refractivity contribution in [3.8, 4) is 0 Å². The number of allylic oxidation sites excluding steroid dienone is 1. The lowest BCUT2D eigenvalue weighted by Gasteiger charge is -2.29. The number of thioether (sulfide) groups is 1. The standard InChI is InChI=1S/C21H28N4O3S2/c1-4-10-25-19(27)15-11-14(5-2)30-18(15)24-21(25)29-12-17(26)23-20(28)22-16-9-7-6-8-13(16)3/h4,11,13,16H,1,5-10,12H2,2-3H3,(H2,22,23,26,28)/t13-,16-/m0/s1. The van der Waals surface area contributed by atoms with E-state index in [4.69, 9.17) is 0 Å². The van der Waals surface area contributed by atoms with Gasteiger partial charge in [-0.1, -0.05) is 44.5 Å². The summed E-state index contributed by atoms with van der Waals surface area (Å²) in [5.74, 6) is -0.00713. The number of amides is 3. The average molecular weight is 449 g/mol. The predicted molar refractivity (Wildman–Crippen MR) is 122 cm³/mol. The van der Waals surface area contributed by atoms with Crippen molar-refractivity contribution in [2.24, 2.45) is 5.92 Å². The summed E-state index contributed by atoms with van der Waals surface area (Å²) in [6, 6.07) is 1.52. The molecule has 3 amide bonds. The number of nitrogens with zero attached hydrogens (tertiary/aromatic N) is 2. The van der Waals surface area contributed by atoms with Crippen LogP contribution in [0.4, 0.5) is 4.79 Å². The van der Waals surface area contributed by atoms with Gasteiger partial charge in [0, 0.05) is 17.5 Å². The number of rotatable bonds is 7. The molecular formula is C21H28N4O3S2. The Kier molecular flexibility index (Phi) is 7.71. The first kappa shape index (κ1) is 22.6. The number of nitrogens with one attached hydrogen (secondary N) is 2. The van der Waals surface area contributed by atoms with Gasteiger partial charge < -0.3 is 5.32 Å². The molecule has 0 aromatic carbocycles. The van der Waals surface area contributed by atoms with Crippen LogP contribution < -0.4 is 16.2 Å². The first-order valence-corrected chi connectivity index (χ1v) is 12.1. The zero-order valence-electron chi connectivity index (χ0n) is 17.4. The number of thiophene rings is 1. The van der Waals surface area contributed by atoms with E-state index in [1.54, 1.807) is 6.08 Å². The third-order valence-electron chi connectivity index (χ3n) is 5.34. The van der Waals surface area contributed by atoms with Crippen molar-refractivity contribution in [3.63, 3.8) is 0 Å². The van der Waals surface area contributed by atoms with Gasteiger partial charge in [-0.25, -0.2) is 9.78 Å². The molecule has 0 saturated heterocycles. The molecule has 1 saturated carbocycles. The molecule has 3 rings (SSSR count). The Balaban J connectivity index is 1.66. The summed E-state index contributed by atoms with van der Waals surface area (Å²) in [5, 5.41) is 6.34. The van der Waals surface area contributed by atoms with Crippen molar-refractivity contribution >= 4 is 45.3 Å². The molecule has 162 valence electrons. The van der Waals surface area contributed by atoms with E-state index in [-0.39, 0.29) is 17.4 Å². The Bertz CT molecular complexity index is 998. The summed E-state index contributed by atoms with van der Waals surface area (Å²) in [6.07, 6.45) is 6.77. The lowest BCUT2D eigenvalue weighted by Crippen LogP contribution is -2.48. The number of carbonyl (C=O) groups is 2. The number of aromatic nitrogens is 2. The summed E-state index contributed by atoms with van der Waals surface area (Å²) < 4.78 is 1.52. The van der Waals surface area contributed by atoms with Gasteiger partial charge in [0.1, 0.15) is 4.83 Å². The minimum absolute atomic E-state index is 0.00522. The largest absolute Gasteiger partial charge is 0.335 e. The number of aryl methyl sites for hydroxylation is 1. The van der Waals surface area contributed by atoms with Gasteiger partial charge in [-0.05, 0) is 31.2 Å². The first-order valence-electron chi connectivity index (χ1n) is 10.3. The normalized spacial score (nSPS) is 18.9. The van der Waals surface area contributed by atoms with Gasteiger partial charge in [-0.2, -0.15) is 0 Å². The SMILES string of the molecule is C=CCn1c(SCC(=O)NC(=O)N[C@H]2CCCC[C@@H]2C)nc2sc(CC)cc2c1=O. The zero-order chi connectivity index (χ0) is 21.7. The van der Waals surface area contributed by atoms with Gasteiger partial charge in [-0.15, -0.1) is 17.9 Å².